The predicted octanol–water partition coefficient (Wildman–Crippen LogP) is 3.49. The molecule has 1 aromatic carbocycles. The maximum Gasteiger partial charge on any atom is 0.253 e. The van der Waals surface area contributed by atoms with E-state index in [4.69, 9.17) is 0 Å². The topological polar surface area (TPSA) is 36.1 Å². The fraction of sp³-hybridized carbons (Fsp3) is 0.353. The van der Waals surface area contributed by atoms with Gasteiger partial charge >= 0.3 is 0 Å². The number of nitrogens with one attached hydrogen (secondary N) is 1. The van der Waals surface area contributed by atoms with Crippen LogP contribution in [0, 0.1) is 0 Å². The van der Waals surface area contributed by atoms with Gasteiger partial charge in [-0.3, -0.25) is 4.79 Å². The second-order valence-electron chi connectivity index (χ2n) is 5.78. The lowest BCUT2D eigenvalue weighted by Gasteiger charge is -2.28. The third-order valence-corrected chi connectivity index (χ3v) is 4.46. The monoisotopic (exact) mass is 266 g/mol. The van der Waals surface area contributed by atoms with Gasteiger partial charge in [0.15, 0.2) is 0 Å². The average molecular weight is 266 g/mol. The van der Waals surface area contributed by atoms with E-state index in [1.165, 1.54) is 12.8 Å². The van der Waals surface area contributed by atoms with Crippen molar-refractivity contribution in [1.82, 2.24) is 9.88 Å². The van der Waals surface area contributed by atoms with Crippen LogP contribution in [-0.2, 0) is 0 Å². The number of fused-ring (bicyclic) bond motifs is 1. The van der Waals surface area contributed by atoms with E-state index in [0.29, 0.717) is 0 Å². The minimum atomic E-state index is 0.168. The van der Waals surface area contributed by atoms with Crippen molar-refractivity contribution in [3.05, 3.63) is 47.2 Å². The van der Waals surface area contributed by atoms with E-state index in [1.807, 2.05) is 35.4 Å². The minimum absolute atomic E-state index is 0.168. The van der Waals surface area contributed by atoms with Crippen molar-refractivity contribution in [3.8, 4) is 0 Å². The summed E-state index contributed by atoms with van der Waals surface area (Å²) >= 11 is 0. The highest BCUT2D eigenvalue weighted by atomic mass is 16.2. The molecule has 0 spiro atoms. The molecule has 2 heterocycles. The number of piperidine rings is 1. The van der Waals surface area contributed by atoms with Gasteiger partial charge in [0.1, 0.15) is 0 Å². The maximum absolute atomic E-state index is 12.6. The molecule has 20 heavy (non-hydrogen) atoms. The van der Waals surface area contributed by atoms with Crippen LogP contribution in [0.5, 0.6) is 0 Å². The molecule has 0 unspecified atom stereocenters. The first-order valence-electron chi connectivity index (χ1n) is 7.37. The second kappa shape index (κ2) is 4.51. The summed E-state index contributed by atoms with van der Waals surface area (Å²) in [6, 6.07) is 7.94. The van der Waals surface area contributed by atoms with Crippen LogP contribution in [0.2, 0.25) is 0 Å². The molecule has 0 bridgehead atoms. The van der Waals surface area contributed by atoms with Crippen molar-refractivity contribution in [2.45, 2.75) is 25.7 Å². The highest BCUT2D eigenvalue weighted by Gasteiger charge is 2.24. The van der Waals surface area contributed by atoms with Gasteiger partial charge in [0.2, 0.25) is 0 Å². The fourth-order valence-corrected chi connectivity index (χ4v) is 3.11. The number of allylic oxidation sites excluding steroid dienone is 1. The van der Waals surface area contributed by atoms with Crippen LogP contribution in [0.3, 0.4) is 0 Å². The van der Waals surface area contributed by atoms with Gasteiger partial charge in [0.25, 0.3) is 5.91 Å². The number of carbonyl (C=O) groups is 1. The van der Waals surface area contributed by atoms with Crippen molar-refractivity contribution in [1.29, 1.82) is 0 Å². The number of rotatable bonds is 1. The summed E-state index contributed by atoms with van der Waals surface area (Å²) in [4.78, 5) is 17.7. The normalized spacial score (nSPS) is 18.7. The number of amides is 1. The molecule has 102 valence electrons. The molecule has 1 aliphatic heterocycles. The number of benzene rings is 1. The SMILES string of the molecule is O=C(c1ccc2cc[nH]c2c1)N1CCC(=C2CC2)CC1. The summed E-state index contributed by atoms with van der Waals surface area (Å²) in [6.45, 7) is 1.75. The van der Waals surface area contributed by atoms with Gasteiger partial charge in [-0.05, 0) is 49.3 Å². The number of hydrogen-bond donors (Lipinski definition) is 1. The zero-order valence-corrected chi connectivity index (χ0v) is 11.5. The van der Waals surface area contributed by atoms with Crippen LogP contribution in [0.25, 0.3) is 10.9 Å². The predicted molar refractivity (Wildman–Crippen MR) is 79.7 cm³/mol. The first kappa shape index (κ1) is 11.8. The molecule has 1 aromatic heterocycles. The van der Waals surface area contributed by atoms with Crippen molar-refractivity contribution >= 4 is 16.8 Å². The molecule has 0 radical (unpaired) electrons. The van der Waals surface area contributed by atoms with E-state index in [-0.39, 0.29) is 5.91 Å². The van der Waals surface area contributed by atoms with Gasteiger partial charge in [0, 0.05) is 30.4 Å². The van der Waals surface area contributed by atoms with Crippen LogP contribution in [-0.4, -0.2) is 28.9 Å². The van der Waals surface area contributed by atoms with Gasteiger partial charge in [-0.1, -0.05) is 17.2 Å². The molecule has 3 nitrogen and oxygen atoms in total. The molecule has 1 N–H and O–H groups in total. The number of nitrogens with zero attached hydrogens (tertiary/aromatic N) is 1. The van der Waals surface area contributed by atoms with E-state index in [9.17, 15) is 4.79 Å². The van der Waals surface area contributed by atoms with Gasteiger partial charge in [-0.25, -0.2) is 0 Å². The molecule has 1 aliphatic carbocycles. The van der Waals surface area contributed by atoms with Crippen LogP contribution in [0.1, 0.15) is 36.0 Å². The standard InChI is InChI=1S/C17H18N2O/c20-17(15-4-3-14-5-8-18-16(14)11-15)19-9-6-13(7-10-19)12-1-2-12/h3-5,8,11,18H,1-2,6-7,9-10H2. The number of carbonyl (C=O) groups excluding carboxylic acids is 1. The van der Waals surface area contributed by atoms with Crippen molar-refractivity contribution < 1.29 is 4.79 Å². The highest BCUT2D eigenvalue weighted by molar-refractivity contribution is 5.98. The Labute approximate surface area is 118 Å². The zero-order chi connectivity index (χ0) is 13.5. The molecule has 4 rings (SSSR count). The lowest BCUT2D eigenvalue weighted by Crippen LogP contribution is -2.36. The summed E-state index contributed by atoms with van der Waals surface area (Å²) in [5.41, 5.74) is 5.11. The number of aromatic nitrogens is 1. The Hall–Kier alpha value is -2.03. The third kappa shape index (κ3) is 2.03. The molecular weight excluding hydrogens is 248 g/mol. The molecular formula is C17H18N2O. The zero-order valence-electron chi connectivity index (χ0n) is 11.5. The Morgan fingerprint density at radius 2 is 1.75 bits per heavy atom. The van der Waals surface area contributed by atoms with E-state index in [0.717, 1.165) is 42.4 Å². The lowest BCUT2D eigenvalue weighted by atomic mass is 10.0. The van der Waals surface area contributed by atoms with Crippen molar-refractivity contribution in [2.75, 3.05) is 13.1 Å². The summed E-state index contributed by atoms with van der Waals surface area (Å²) in [5.74, 6) is 0.168. The van der Waals surface area contributed by atoms with Gasteiger partial charge < -0.3 is 9.88 Å². The quantitative estimate of drug-likeness (QED) is 0.788. The molecule has 1 saturated carbocycles. The Bertz CT molecular complexity index is 695. The number of hydrogen-bond acceptors (Lipinski definition) is 1. The number of aromatic amines is 1. The Balaban J connectivity index is 1.53. The van der Waals surface area contributed by atoms with E-state index < -0.39 is 0 Å². The van der Waals surface area contributed by atoms with E-state index in [1.54, 1.807) is 11.1 Å². The Morgan fingerprint density at radius 3 is 2.50 bits per heavy atom. The fourth-order valence-electron chi connectivity index (χ4n) is 3.11. The molecule has 0 atom stereocenters. The highest BCUT2D eigenvalue weighted by Crippen LogP contribution is 2.36. The second-order valence-corrected chi connectivity index (χ2v) is 5.78. The van der Waals surface area contributed by atoms with Gasteiger partial charge in [-0.15, -0.1) is 0 Å². The Kier molecular flexibility index (Phi) is 2.66. The molecule has 1 amide bonds. The summed E-state index contributed by atoms with van der Waals surface area (Å²) in [6.07, 6.45) is 6.66. The smallest absolute Gasteiger partial charge is 0.253 e. The summed E-state index contributed by atoms with van der Waals surface area (Å²) in [7, 11) is 0. The molecule has 2 fully saturated rings. The number of likely N-dealkylation sites (tertiary alicyclic amines) is 1. The largest absolute Gasteiger partial charge is 0.361 e. The van der Waals surface area contributed by atoms with Crippen LogP contribution >= 0.6 is 0 Å². The van der Waals surface area contributed by atoms with Crippen LogP contribution in [0.4, 0.5) is 0 Å². The third-order valence-electron chi connectivity index (χ3n) is 4.46. The Morgan fingerprint density at radius 1 is 1.00 bits per heavy atom. The van der Waals surface area contributed by atoms with Crippen LogP contribution < -0.4 is 0 Å². The molecule has 3 heteroatoms. The van der Waals surface area contributed by atoms with Crippen molar-refractivity contribution in [3.63, 3.8) is 0 Å². The van der Waals surface area contributed by atoms with Crippen molar-refractivity contribution in [2.24, 2.45) is 0 Å². The van der Waals surface area contributed by atoms with E-state index in [2.05, 4.69) is 4.98 Å². The molecule has 2 aromatic rings. The molecule has 1 saturated heterocycles. The van der Waals surface area contributed by atoms with Crippen LogP contribution in [0.15, 0.2) is 41.6 Å². The maximum atomic E-state index is 12.6. The van der Waals surface area contributed by atoms with Gasteiger partial charge in [0.05, 0.1) is 0 Å². The van der Waals surface area contributed by atoms with E-state index >= 15 is 0 Å². The first-order chi connectivity index (χ1) is 9.81. The first-order valence-corrected chi connectivity index (χ1v) is 7.37. The lowest BCUT2D eigenvalue weighted by molar-refractivity contribution is 0.0743. The number of H-pyrrole nitrogens is 1. The van der Waals surface area contributed by atoms with Gasteiger partial charge in [-0.2, -0.15) is 0 Å². The summed E-state index contributed by atoms with van der Waals surface area (Å²) < 4.78 is 0. The minimum Gasteiger partial charge on any atom is -0.361 e. The average Bonchev–Trinajstić information content (AvgIpc) is 3.24. The molecule has 2 aliphatic rings. The summed E-state index contributed by atoms with van der Waals surface area (Å²) in [5, 5.41) is 1.15.